The van der Waals surface area contributed by atoms with Crippen molar-refractivity contribution in [2.45, 2.75) is 13.3 Å². The van der Waals surface area contributed by atoms with Crippen LogP contribution in [0.3, 0.4) is 0 Å². The molecule has 5 heteroatoms. The first-order valence-corrected chi connectivity index (χ1v) is 7.48. The Labute approximate surface area is 134 Å². The van der Waals surface area contributed by atoms with Gasteiger partial charge in [-0.1, -0.05) is 54.6 Å². The lowest BCUT2D eigenvalue weighted by atomic mass is 10.1. The molecular formula is C18H16N4O. The molecule has 0 aliphatic heterocycles. The standard InChI is InChI=1S/C18H16N4O/c1-2-12-23-17-11-7-6-10-16(17)22-18(15(13-19)20-21-22)14-8-4-3-5-9-14/h3-11H,2,12H2,1H3. The fourth-order valence-corrected chi connectivity index (χ4v) is 2.35. The van der Waals surface area contributed by atoms with Crippen molar-refractivity contribution in [3.63, 3.8) is 0 Å². The predicted molar refractivity (Wildman–Crippen MR) is 87.3 cm³/mol. The van der Waals surface area contributed by atoms with Crippen LogP contribution < -0.4 is 4.74 Å². The maximum absolute atomic E-state index is 9.35. The highest BCUT2D eigenvalue weighted by molar-refractivity contribution is 5.68. The van der Waals surface area contributed by atoms with Crippen LogP contribution in [0.15, 0.2) is 54.6 Å². The third-order valence-corrected chi connectivity index (χ3v) is 3.38. The fourth-order valence-electron chi connectivity index (χ4n) is 2.35. The quantitative estimate of drug-likeness (QED) is 0.722. The van der Waals surface area contributed by atoms with Crippen molar-refractivity contribution >= 4 is 0 Å². The van der Waals surface area contributed by atoms with E-state index in [1.165, 1.54) is 0 Å². The van der Waals surface area contributed by atoms with Crippen LogP contribution in [0.1, 0.15) is 19.0 Å². The molecule has 1 heterocycles. The summed E-state index contributed by atoms with van der Waals surface area (Å²) in [6.07, 6.45) is 0.917. The van der Waals surface area contributed by atoms with Crippen molar-refractivity contribution in [1.29, 1.82) is 5.26 Å². The fraction of sp³-hybridized carbons (Fsp3) is 0.167. The third-order valence-electron chi connectivity index (χ3n) is 3.38. The number of rotatable bonds is 5. The van der Waals surface area contributed by atoms with Gasteiger partial charge in [-0.25, -0.2) is 4.68 Å². The van der Waals surface area contributed by atoms with Gasteiger partial charge in [-0.15, -0.1) is 5.10 Å². The van der Waals surface area contributed by atoms with Crippen LogP contribution >= 0.6 is 0 Å². The van der Waals surface area contributed by atoms with E-state index in [2.05, 4.69) is 23.3 Å². The highest BCUT2D eigenvalue weighted by Crippen LogP contribution is 2.29. The smallest absolute Gasteiger partial charge is 0.191 e. The molecule has 0 bridgehead atoms. The van der Waals surface area contributed by atoms with Crippen LogP contribution in [0.2, 0.25) is 0 Å². The molecule has 0 atom stereocenters. The molecule has 1 aromatic heterocycles. The summed E-state index contributed by atoms with van der Waals surface area (Å²) in [6, 6.07) is 19.4. The second-order valence-electron chi connectivity index (χ2n) is 4.99. The Bertz CT molecular complexity index is 834. The molecule has 23 heavy (non-hydrogen) atoms. The molecule has 0 aliphatic carbocycles. The van der Waals surface area contributed by atoms with Gasteiger partial charge in [-0.2, -0.15) is 5.26 Å². The van der Waals surface area contributed by atoms with E-state index in [1.54, 1.807) is 4.68 Å². The normalized spacial score (nSPS) is 10.3. The first kappa shape index (κ1) is 14.8. The number of aromatic nitrogens is 3. The second kappa shape index (κ2) is 6.75. The summed E-state index contributed by atoms with van der Waals surface area (Å²) in [4.78, 5) is 0. The minimum atomic E-state index is 0.293. The highest BCUT2D eigenvalue weighted by atomic mass is 16.5. The van der Waals surface area contributed by atoms with E-state index in [0.29, 0.717) is 18.0 Å². The van der Waals surface area contributed by atoms with E-state index in [4.69, 9.17) is 4.74 Å². The first-order chi connectivity index (χ1) is 11.3. The number of hydrogen-bond acceptors (Lipinski definition) is 4. The summed E-state index contributed by atoms with van der Waals surface area (Å²) in [5.41, 5.74) is 2.62. The SMILES string of the molecule is CCCOc1ccccc1-n1nnc(C#N)c1-c1ccccc1. The Morgan fingerprint density at radius 3 is 2.57 bits per heavy atom. The number of benzene rings is 2. The number of ether oxygens (including phenoxy) is 1. The van der Waals surface area contributed by atoms with Crippen LogP contribution in [0.5, 0.6) is 5.75 Å². The molecule has 3 aromatic rings. The highest BCUT2D eigenvalue weighted by Gasteiger charge is 2.18. The Morgan fingerprint density at radius 2 is 1.83 bits per heavy atom. The molecule has 0 radical (unpaired) electrons. The molecule has 0 aliphatic rings. The van der Waals surface area contributed by atoms with Crippen LogP contribution in [0.25, 0.3) is 16.9 Å². The van der Waals surface area contributed by atoms with Gasteiger partial charge in [0.1, 0.15) is 23.2 Å². The maximum Gasteiger partial charge on any atom is 0.191 e. The molecular weight excluding hydrogens is 288 g/mol. The van der Waals surface area contributed by atoms with Gasteiger partial charge in [0.25, 0.3) is 0 Å². The summed E-state index contributed by atoms with van der Waals surface area (Å²) in [7, 11) is 0. The number of nitriles is 1. The van der Waals surface area contributed by atoms with Crippen LogP contribution in [0, 0.1) is 11.3 Å². The summed E-state index contributed by atoms with van der Waals surface area (Å²) in [6.45, 7) is 2.68. The topological polar surface area (TPSA) is 63.7 Å². The van der Waals surface area contributed by atoms with Gasteiger partial charge in [0.05, 0.1) is 6.61 Å². The van der Waals surface area contributed by atoms with Crippen LogP contribution in [0.4, 0.5) is 0 Å². The average Bonchev–Trinajstić information content (AvgIpc) is 3.04. The van der Waals surface area contributed by atoms with Crippen molar-refractivity contribution in [2.24, 2.45) is 0 Å². The van der Waals surface area contributed by atoms with E-state index < -0.39 is 0 Å². The van der Waals surface area contributed by atoms with Crippen molar-refractivity contribution in [1.82, 2.24) is 15.0 Å². The van der Waals surface area contributed by atoms with Gasteiger partial charge < -0.3 is 4.74 Å². The van der Waals surface area contributed by atoms with Gasteiger partial charge in [0.2, 0.25) is 0 Å². The molecule has 0 saturated carbocycles. The van der Waals surface area contributed by atoms with Gasteiger partial charge in [0, 0.05) is 5.56 Å². The second-order valence-corrected chi connectivity index (χ2v) is 4.99. The monoisotopic (exact) mass is 304 g/mol. The Hall–Kier alpha value is -3.13. The average molecular weight is 304 g/mol. The van der Waals surface area contributed by atoms with E-state index in [0.717, 1.165) is 23.4 Å². The van der Waals surface area contributed by atoms with Gasteiger partial charge >= 0.3 is 0 Å². The molecule has 0 amide bonds. The van der Waals surface area contributed by atoms with E-state index in [-0.39, 0.29) is 0 Å². The molecule has 114 valence electrons. The molecule has 3 rings (SSSR count). The zero-order valence-electron chi connectivity index (χ0n) is 12.8. The third kappa shape index (κ3) is 2.92. The van der Waals surface area contributed by atoms with Gasteiger partial charge in [-0.05, 0) is 18.6 Å². The molecule has 0 fully saturated rings. The van der Waals surface area contributed by atoms with Gasteiger partial charge in [-0.3, -0.25) is 0 Å². The minimum absolute atomic E-state index is 0.293. The number of hydrogen-bond donors (Lipinski definition) is 0. The number of para-hydroxylation sites is 2. The lowest BCUT2D eigenvalue weighted by molar-refractivity contribution is 0.316. The lowest BCUT2D eigenvalue weighted by Gasteiger charge is -2.12. The van der Waals surface area contributed by atoms with Crippen molar-refractivity contribution in [3.8, 4) is 28.8 Å². The van der Waals surface area contributed by atoms with Gasteiger partial charge in [0.15, 0.2) is 5.69 Å². The van der Waals surface area contributed by atoms with Crippen LogP contribution in [-0.2, 0) is 0 Å². The zero-order chi connectivity index (χ0) is 16.1. The van der Waals surface area contributed by atoms with Crippen molar-refractivity contribution in [3.05, 3.63) is 60.3 Å². The maximum atomic E-state index is 9.35. The molecule has 2 aromatic carbocycles. The zero-order valence-corrected chi connectivity index (χ0v) is 12.8. The lowest BCUT2D eigenvalue weighted by Crippen LogP contribution is -2.04. The molecule has 0 spiro atoms. The Morgan fingerprint density at radius 1 is 1.09 bits per heavy atom. The number of nitrogens with zero attached hydrogens (tertiary/aromatic N) is 4. The summed E-state index contributed by atoms with van der Waals surface area (Å²) in [5, 5.41) is 17.5. The molecule has 0 saturated heterocycles. The van der Waals surface area contributed by atoms with E-state index in [9.17, 15) is 5.26 Å². The summed E-state index contributed by atoms with van der Waals surface area (Å²) >= 11 is 0. The Kier molecular flexibility index (Phi) is 4.34. The first-order valence-electron chi connectivity index (χ1n) is 7.48. The van der Waals surface area contributed by atoms with E-state index in [1.807, 2.05) is 54.6 Å². The molecule has 0 unspecified atom stereocenters. The Balaban J connectivity index is 2.16. The summed E-state index contributed by atoms with van der Waals surface area (Å²) in [5.74, 6) is 0.723. The summed E-state index contributed by atoms with van der Waals surface area (Å²) < 4.78 is 7.47. The minimum Gasteiger partial charge on any atom is -0.491 e. The van der Waals surface area contributed by atoms with E-state index >= 15 is 0 Å². The van der Waals surface area contributed by atoms with Crippen LogP contribution in [-0.4, -0.2) is 21.6 Å². The van der Waals surface area contributed by atoms with Crippen molar-refractivity contribution < 1.29 is 4.74 Å². The van der Waals surface area contributed by atoms with Crippen molar-refractivity contribution in [2.75, 3.05) is 6.61 Å². The largest absolute Gasteiger partial charge is 0.491 e. The molecule has 5 nitrogen and oxygen atoms in total. The molecule has 0 N–H and O–H groups in total. The predicted octanol–water partition coefficient (Wildman–Crippen LogP) is 3.59.